The average molecular weight is 271 g/mol. The van der Waals surface area contributed by atoms with E-state index in [1.807, 2.05) is 24.4 Å². The van der Waals surface area contributed by atoms with E-state index in [1.54, 1.807) is 16.8 Å². The van der Waals surface area contributed by atoms with Crippen molar-refractivity contribution in [2.24, 2.45) is 0 Å². The highest BCUT2D eigenvalue weighted by atomic mass is 16.6. The largest absolute Gasteiger partial charge is 0.265 e. The maximum absolute atomic E-state index is 10.7. The molecule has 0 fully saturated rings. The van der Waals surface area contributed by atoms with Gasteiger partial charge < -0.3 is 0 Å². The number of hydrogen-bond donors (Lipinski definition) is 0. The van der Waals surface area contributed by atoms with Crippen molar-refractivity contribution in [1.82, 2.24) is 9.78 Å². The summed E-state index contributed by atoms with van der Waals surface area (Å²) in [6.45, 7) is 4.17. The third-order valence-corrected chi connectivity index (χ3v) is 3.12. The van der Waals surface area contributed by atoms with Gasteiger partial charge in [0, 0.05) is 12.3 Å². The molecule has 5 heteroatoms. The molecule has 2 rings (SSSR count). The first-order valence-corrected chi connectivity index (χ1v) is 6.56. The average Bonchev–Trinajstić information content (AvgIpc) is 2.73. The zero-order chi connectivity index (χ0) is 14.5. The van der Waals surface area contributed by atoms with Gasteiger partial charge in [-0.3, -0.25) is 10.1 Å². The van der Waals surface area contributed by atoms with Gasteiger partial charge in [0.2, 0.25) is 0 Å². The fourth-order valence-electron chi connectivity index (χ4n) is 1.83. The lowest BCUT2D eigenvalue weighted by Gasteiger charge is -2.00. The molecule has 1 aromatic rings. The number of hydrogen-bond acceptors (Lipinski definition) is 3. The van der Waals surface area contributed by atoms with Gasteiger partial charge in [0.15, 0.2) is 0 Å². The SMILES string of the molecule is CC/C(C)=C\c1ccn(C2=CCC=C([N+](=O)[O-])C=C2)n1. The molecule has 0 amide bonds. The number of aromatic nitrogens is 2. The van der Waals surface area contributed by atoms with Gasteiger partial charge in [0.25, 0.3) is 5.70 Å². The van der Waals surface area contributed by atoms with Crippen molar-refractivity contribution in [2.75, 3.05) is 0 Å². The Bertz CT molecular complexity index is 633. The normalized spacial score (nSPS) is 15.6. The molecule has 0 aromatic carbocycles. The second kappa shape index (κ2) is 6.14. The van der Waals surface area contributed by atoms with Crippen LogP contribution in [-0.2, 0) is 0 Å². The summed E-state index contributed by atoms with van der Waals surface area (Å²) in [6, 6.07) is 1.93. The molecule has 20 heavy (non-hydrogen) atoms. The van der Waals surface area contributed by atoms with Crippen LogP contribution in [0.15, 0.2) is 47.8 Å². The van der Waals surface area contributed by atoms with Gasteiger partial charge in [-0.15, -0.1) is 0 Å². The van der Waals surface area contributed by atoms with Crippen LogP contribution in [0.4, 0.5) is 0 Å². The highest BCUT2D eigenvalue weighted by molar-refractivity contribution is 5.59. The van der Waals surface area contributed by atoms with Crippen molar-refractivity contribution in [3.05, 3.63) is 63.6 Å². The Morgan fingerprint density at radius 2 is 2.30 bits per heavy atom. The van der Waals surface area contributed by atoms with E-state index in [2.05, 4.69) is 18.9 Å². The maximum atomic E-state index is 10.7. The monoisotopic (exact) mass is 271 g/mol. The summed E-state index contributed by atoms with van der Waals surface area (Å²) in [5, 5.41) is 15.2. The predicted molar refractivity (Wildman–Crippen MR) is 79.3 cm³/mol. The number of nitrogens with zero attached hydrogens (tertiary/aromatic N) is 3. The zero-order valence-corrected chi connectivity index (χ0v) is 11.6. The van der Waals surface area contributed by atoms with Crippen LogP contribution in [0.25, 0.3) is 11.8 Å². The molecule has 0 bridgehead atoms. The van der Waals surface area contributed by atoms with Crippen molar-refractivity contribution in [3.63, 3.8) is 0 Å². The van der Waals surface area contributed by atoms with Gasteiger partial charge in [-0.2, -0.15) is 5.10 Å². The molecule has 1 heterocycles. The first kappa shape index (κ1) is 14.0. The molecule has 0 spiro atoms. The summed E-state index contributed by atoms with van der Waals surface area (Å²) >= 11 is 0. The molecular formula is C15H17N3O2. The van der Waals surface area contributed by atoms with Gasteiger partial charge in [0.1, 0.15) is 0 Å². The van der Waals surface area contributed by atoms with Crippen LogP contribution in [0.3, 0.4) is 0 Å². The summed E-state index contributed by atoms with van der Waals surface area (Å²) < 4.78 is 1.74. The van der Waals surface area contributed by atoms with E-state index < -0.39 is 0 Å². The molecule has 1 aliphatic rings. The van der Waals surface area contributed by atoms with Crippen LogP contribution in [-0.4, -0.2) is 14.7 Å². The van der Waals surface area contributed by atoms with Gasteiger partial charge in [0.05, 0.1) is 16.3 Å². The number of allylic oxidation sites excluding steroid dienone is 6. The van der Waals surface area contributed by atoms with Crippen molar-refractivity contribution >= 4 is 11.8 Å². The Morgan fingerprint density at radius 3 is 3.00 bits per heavy atom. The molecule has 0 saturated carbocycles. The standard InChI is InChI=1S/C15H17N3O2/c1-3-12(2)11-13-9-10-17(16-13)14-5-4-6-15(8-7-14)18(19)20/h5-11H,3-4H2,1-2H3/b12-11-. The third kappa shape index (κ3) is 3.32. The fourth-order valence-corrected chi connectivity index (χ4v) is 1.83. The molecule has 0 radical (unpaired) electrons. The molecule has 104 valence electrons. The van der Waals surface area contributed by atoms with Crippen LogP contribution in [0, 0.1) is 10.1 Å². The van der Waals surface area contributed by atoms with Gasteiger partial charge >= 0.3 is 0 Å². The summed E-state index contributed by atoms with van der Waals surface area (Å²) in [6.07, 6.45) is 12.2. The molecule has 0 unspecified atom stereocenters. The van der Waals surface area contributed by atoms with E-state index >= 15 is 0 Å². The van der Waals surface area contributed by atoms with Crippen LogP contribution in [0.2, 0.25) is 0 Å². The molecule has 1 aliphatic carbocycles. The van der Waals surface area contributed by atoms with E-state index in [4.69, 9.17) is 0 Å². The van der Waals surface area contributed by atoms with Crippen molar-refractivity contribution in [2.45, 2.75) is 26.7 Å². The molecule has 0 atom stereocenters. The van der Waals surface area contributed by atoms with Gasteiger partial charge in [-0.1, -0.05) is 18.6 Å². The summed E-state index contributed by atoms with van der Waals surface area (Å²) in [5.74, 6) is 0. The van der Waals surface area contributed by atoms with Crippen LogP contribution in [0.1, 0.15) is 32.4 Å². The quantitative estimate of drug-likeness (QED) is 0.620. The lowest BCUT2D eigenvalue weighted by molar-refractivity contribution is -0.419. The Morgan fingerprint density at radius 1 is 1.50 bits per heavy atom. The van der Waals surface area contributed by atoms with Crippen molar-refractivity contribution < 1.29 is 4.92 Å². The molecule has 0 aliphatic heterocycles. The van der Waals surface area contributed by atoms with Crippen LogP contribution in [0.5, 0.6) is 0 Å². The number of rotatable bonds is 4. The van der Waals surface area contributed by atoms with Crippen LogP contribution < -0.4 is 0 Å². The second-order valence-corrected chi connectivity index (χ2v) is 4.61. The fraction of sp³-hybridized carbons (Fsp3) is 0.267. The first-order chi connectivity index (χ1) is 9.60. The molecule has 1 aromatic heterocycles. The Balaban J connectivity index is 2.20. The predicted octanol–water partition coefficient (Wildman–Crippen LogP) is 3.66. The summed E-state index contributed by atoms with van der Waals surface area (Å²) in [4.78, 5) is 10.4. The summed E-state index contributed by atoms with van der Waals surface area (Å²) in [7, 11) is 0. The highest BCUT2D eigenvalue weighted by Gasteiger charge is 2.09. The maximum Gasteiger partial charge on any atom is 0.265 e. The third-order valence-electron chi connectivity index (χ3n) is 3.12. The Hall–Kier alpha value is -2.43. The van der Waals surface area contributed by atoms with Crippen LogP contribution >= 0.6 is 0 Å². The second-order valence-electron chi connectivity index (χ2n) is 4.61. The molecule has 5 nitrogen and oxygen atoms in total. The topological polar surface area (TPSA) is 61.0 Å². The minimum atomic E-state index is -0.380. The lowest BCUT2D eigenvalue weighted by atomic mass is 10.2. The van der Waals surface area contributed by atoms with Gasteiger partial charge in [-0.05, 0) is 44.1 Å². The Labute approximate surface area is 117 Å². The van der Waals surface area contributed by atoms with E-state index in [1.165, 1.54) is 11.6 Å². The lowest BCUT2D eigenvalue weighted by Crippen LogP contribution is -1.96. The highest BCUT2D eigenvalue weighted by Crippen LogP contribution is 2.16. The molecule has 0 saturated heterocycles. The number of nitro groups is 1. The minimum absolute atomic E-state index is 0.116. The van der Waals surface area contributed by atoms with Gasteiger partial charge in [-0.25, -0.2) is 4.68 Å². The molecule has 0 N–H and O–H groups in total. The first-order valence-electron chi connectivity index (χ1n) is 6.56. The van der Waals surface area contributed by atoms with E-state index in [-0.39, 0.29) is 10.6 Å². The van der Waals surface area contributed by atoms with E-state index in [9.17, 15) is 10.1 Å². The van der Waals surface area contributed by atoms with Crippen molar-refractivity contribution in [3.8, 4) is 0 Å². The summed E-state index contributed by atoms with van der Waals surface area (Å²) in [5.41, 5.74) is 3.11. The van der Waals surface area contributed by atoms with E-state index in [0.717, 1.165) is 17.8 Å². The molecular weight excluding hydrogens is 254 g/mol. The minimum Gasteiger partial charge on any atom is -0.258 e. The van der Waals surface area contributed by atoms with E-state index in [0.29, 0.717) is 6.42 Å². The zero-order valence-electron chi connectivity index (χ0n) is 11.6. The van der Waals surface area contributed by atoms with Crippen molar-refractivity contribution in [1.29, 1.82) is 0 Å². The Kier molecular flexibility index (Phi) is 4.30. The smallest absolute Gasteiger partial charge is 0.258 e.